The molecular weight excluding hydrogens is 278 g/mol. The third kappa shape index (κ3) is 3.33. The Morgan fingerprint density at radius 1 is 1.48 bits per heavy atom. The molecule has 2 saturated heterocycles. The van der Waals surface area contributed by atoms with Crippen molar-refractivity contribution < 1.29 is 24.2 Å². The van der Waals surface area contributed by atoms with Crippen LogP contribution in [0.25, 0.3) is 0 Å². The number of aliphatic hydroxyl groups is 1. The van der Waals surface area contributed by atoms with Crippen LogP contribution < -0.4 is 11.1 Å². The summed E-state index contributed by atoms with van der Waals surface area (Å²) >= 11 is 0. The number of ether oxygens (including phenoxy) is 1. The van der Waals surface area contributed by atoms with Crippen LogP contribution in [0.4, 0.5) is 0 Å². The van der Waals surface area contributed by atoms with Crippen LogP contribution in [-0.2, 0) is 19.1 Å². The van der Waals surface area contributed by atoms with Gasteiger partial charge in [0.25, 0.3) is 0 Å². The van der Waals surface area contributed by atoms with Crippen molar-refractivity contribution in [1.29, 1.82) is 0 Å². The van der Waals surface area contributed by atoms with Gasteiger partial charge in [-0.15, -0.1) is 0 Å². The molecule has 0 aromatic carbocycles. The first kappa shape index (κ1) is 15.7. The molecule has 2 aliphatic heterocycles. The van der Waals surface area contributed by atoms with Gasteiger partial charge in [-0.2, -0.15) is 0 Å². The zero-order valence-corrected chi connectivity index (χ0v) is 11.8. The minimum absolute atomic E-state index is 0.179. The summed E-state index contributed by atoms with van der Waals surface area (Å²) in [4.78, 5) is 36.3. The topological polar surface area (TPSA) is 122 Å². The molecule has 3 amide bonds. The number of nitrogens with zero attached hydrogens (tertiary/aromatic N) is 1. The molecule has 0 aliphatic carbocycles. The van der Waals surface area contributed by atoms with Crippen molar-refractivity contribution in [3.63, 3.8) is 0 Å². The highest BCUT2D eigenvalue weighted by molar-refractivity contribution is 5.86. The number of hydrogen-bond donors (Lipinski definition) is 3. The average molecular weight is 299 g/mol. The third-order valence-electron chi connectivity index (χ3n) is 4.14. The van der Waals surface area contributed by atoms with Gasteiger partial charge in [0.2, 0.25) is 17.7 Å². The first-order chi connectivity index (χ1) is 9.95. The highest BCUT2D eigenvalue weighted by Gasteiger charge is 2.50. The van der Waals surface area contributed by atoms with Gasteiger partial charge in [0.1, 0.15) is 13.2 Å². The van der Waals surface area contributed by atoms with Crippen molar-refractivity contribution in [3.8, 4) is 0 Å². The van der Waals surface area contributed by atoms with E-state index in [1.54, 1.807) is 0 Å². The molecule has 0 saturated carbocycles. The monoisotopic (exact) mass is 299 g/mol. The smallest absolute Gasteiger partial charge is 0.248 e. The maximum atomic E-state index is 12.2. The van der Waals surface area contributed by atoms with E-state index >= 15 is 0 Å². The SMILES string of the molecule is NC(=O)COCC(=O)N1CC[C@H](O)[C@@]2(CCCNC2=O)C1. The Morgan fingerprint density at radius 2 is 2.24 bits per heavy atom. The highest BCUT2D eigenvalue weighted by atomic mass is 16.5. The van der Waals surface area contributed by atoms with Gasteiger partial charge >= 0.3 is 0 Å². The number of aliphatic hydroxyl groups excluding tert-OH is 1. The van der Waals surface area contributed by atoms with Crippen LogP contribution >= 0.6 is 0 Å². The van der Waals surface area contributed by atoms with Gasteiger partial charge in [-0.3, -0.25) is 14.4 Å². The van der Waals surface area contributed by atoms with Gasteiger partial charge in [-0.1, -0.05) is 0 Å². The predicted octanol–water partition coefficient (Wildman–Crippen LogP) is -2.02. The lowest BCUT2D eigenvalue weighted by atomic mass is 9.71. The van der Waals surface area contributed by atoms with E-state index < -0.39 is 17.4 Å². The lowest BCUT2D eigenvalue weighted by Crippen LogP contribution is -2.62. The first-order valence-corrected chi connectivity index (χ1v) is 7.06. The number of carbonyl (C=O) groups excluding carboxylic acids is 3. The lowest BCUT2D eigenvalue weighted by Gasteiger charge is -2.46. The van der Waals surface area contributed by atoms with E-state index in [0.29, 0.717) is 25.9 Å². The second-order valence-corrected chi connectivity index (χ2v) is 5.59. The molecule has 0 bridgehead atoms. The summed E-state index contributed by atoms with van der Waals surface area (Å²) in [5.74, 6) is -1.14. The molecule has 0 radical (unpaired) electrons. The van der Waals surface area contributed by atoms with Gasteiger partial charge in [-0.25, -0.2) is 0 Å². The van der Waals surface area contributed by atoms with Gasteiger partial charge in [0.15, 0.2) is 0 Å². The van der Waals surface area contributed by atoms with E-state index in [2.05, 4.69) is 5.32 Å². The van der Waals surface area contributed by atoms with Crippen molar-refractivity contribution >= 4 is 17.7 Å². The van der Waals surface area contributed by atoms with Crippen LogP contribution in [0, 0.1) is 5.41 Å². The van der Waals surface area contributed by atoms with Gasteiger partial charge in [0.05, 0.1) is 11.5 Å². The molecule has 21 heavy (non-hydrogen) atoms. The zero-order valence-electron chi connectivity index (χ0n) is 11.8. The summed E-state index contributed by atoms with van der Waals surface area (Å²) in [6.07, 6.45) is 0.956. The van der Waals surface area contributed by atoms with E-state index in [-0.39, 0.29) is 31.6 Å². The van der Waals surface area contributed by atoms with Crippen molar-refractivity contribution in [1.82, 2.24) is 10.2 Å². The normalized spacial score (nSPS) is 29.3. The fourth-order valence-corrected chi connectivity index (χ4v) is 2.99. The molecule has 8 nitrogen and oxygen atoms in total. The average Bonchev–Trinajstić information content (AvgIpc) is 2.44. The minimum Gasteiger partial charge on any atom is -0.392 e. The van der Waals surface area contributed by atoms with Crippen molar-refractivity contribution in [2.24, 2.45) is 11.1 Å². The molecule has 8 heteroatoms. The summed E-state index contributed by atoms with van der Waals surface area (Å²) < 4.78 is 4.91. The van der Waals surface area contributed by atoms with Gasteiger partial charge in [-0.05, 0) is 19.3 Å². The Balaban J connectivity index is 1.98. The Kier molecular flexibility index (Phi) is 4.79. The maximum Gasteiger partial charge on any atom is 0.248 e. The second-order valence-electron chi connectivity index (χ2n) is 5.59. The number of carbonyl (C=O) groups is 3. The number of piperidine rings is 2. The Hall–Kier alpha value is -1.67. The molecule has 2 aliphatic rings. The number of hydrogen-bond acceptors (Lipinski definition) is 5. The second kappa shape index (κ2) is 6.40. The van der Waals surface area contributed by atoms with Crippen LogP contribution in [0.2, 0.25) is 0 Å². The van der Waals surface area contributed by atoms with E-state index in [1.165, 1.54) is 4.90 Å². The molecule has 4 N–H and O–H groups in total. The molecule has 1 spiro atoms. The molecular formula is C13H21N3O5. The fourth-order valence-electron chi connectivity index (χ4n) is 2.99. The number of amides is 3. The summed E-state index contributed by atoms with van der Waals surface area (Å²) in [5, 5.41) is 13.0. The van der Waals surface area contributed by atoms with Crippen LogP contribution in [0.1, 0.15) is 19.3 Å². The molecule has 118 valence electrons. The van der Waals surface area contributed by atoms with Crippen molar-refractivity contribution in [3.05, 3.63) is 0 Å². The molecule has 0 aromatic heterocycles. The third-order valence-corrected chi connectivity index (χ3v) is 4.14. The summed E-state index contributed by atoms with van der Waals surface area (Å²) in [6, 6.07) is 0. The van der Waals surface area contributed by atoms with Crippen LogP contribution in [0.15, 0.2) is 0 Å². The maximum absolute atomic E-state index is 12.2. The zero-order chi connectivity index (χ0) is 15.5. The number of likely N-dealkylation sites (tertiary alicyclic amines) is 1. The largest absolute Gasteiger partial charge is 0.392 e. The van der Waals surface area contributed by atoms with Crippen LogP contribution in [0.5, 0.6) is 0 Å². The molecule has 2 rings (SSSR count). The van der Waals surface area contributed by atoms with Gasteiger partial charge < -0.3 is 25.8 Å². The standard InChI is InChI=1S/C13H21N3O5/c14-10(18)6-21-7-11(19)16-5-2-9(17)13(8-16)3-1-4-15-12(13)20/h9,17H,1-8H2,(H2,14,18)(H,15,20)/t9-,13+/m0/s1. The number of nitrogens with one attached hydrogen (secondary N) is 1. The number of rotatable bonds is 4. The fraction of sp³-hybridized carbons (Fsp3) is 0.769. The molecule has 2 atom stereocenters. The molecule has 2 heterocycles. The Labute approximate surface area is 122 Å². The Morgan fingerprint density at radius 3 is 2.90 bits per heavy atom. The van der Waals surface area contributed by atoms with E-state index in [1.807, 2.05) is 0 Å². The van der Waals surface area contributed by atoms with E-state index in [9.17, 15) is 19.5 Å². The van der Waals surface area contributed by atoms with Gasteiger partial charge in [0, 0.05) is 19.6 Å². The molecule has 0 aromatic rings. The highest BCUT2D eigenvalue weighted by Crippen LogP contribution is 2.37. The van der Waals surface area contributed by atoms with Crippen LogP contribution in [0.3, 0.4) is 0 Å². The van der Waals surface area contributed by atoms with Crippen LogP contribution in [-0.4, -0.2) is 66.7 Å². The number of nitrogens with two attached hydrogens (primary N) is 1. The molecule has 0 unspecified atom stereocenters. The summed E-state index contributed by atoms with van der Waals surface area (Å²) in [6.45, 7) is 0.585. The molecule has 2 fully saturated rings. The summed E-state index contributed by atoms with van der Waals surface area (Å²) in [7, 11) is 0. The Bertz CT molecular complexity index is 442. The summed E-state index contributed by atoms with van der Waals surface area (Å²) in [5.41, 5.74) is 4.01. The van der Waals surface area contributed by atoms with E-state index in [4.69, 9.17) is 10.5 Å². The van der Waals surface area contributed by atoms with E-state index in [0.717, 1.165) is 6.42 Å². The quantitative estimate of drug-likeness (QED) is 0.553. The number of primary amides is 1. The minimum atomic E-state index is -0.921. The first-order valence-electron chi connectivity index (χ1n) is 7.06. The lowest BCUT2D eigenvalue weighted by molar-refractivity contribution is -0.156. The van der Waals surface area contributed by atoms with Crippen molar-refractivity contribution in [2.75, 3.05) is 32.8 Å². The van der Waals surface area contributed by atoms with Crippen molar-refractivity contribution in [2.45, 2.75) is 25.4 Å². The predicted molar refractivity (Wildman–Crippen MR) is 71.9 cm³/mol.